The van der Waals surface area contributed by atoms with Gasteiger partial charge < -0.3 is 15.3 Å². The monoisotopic (exact) mass is 335 g/mol. The molecule has 128 valence electrons. The summed E-state index contributed by atoms with van der Waals surface area (Å²) in [5.74, 6) is 0. The van der Waals surface area contributed by atoms with Crippen LogP contribution in [-0.2, 0) is 0 Å². The van der Waals surface area contributed by atoms with Crippen LogP contribution in [0.25, 0.3) is 0 Å². The van der Waals surface area contributed by atoms with E-state index in [1.807, 2.05) is 30.3 Å². The van der Waals surface area contributed by atoms with Gasteiger partial charge in [0.2, 0.25) is 0 Å². The lowest BCUT2D eigenvalue weighted by Gasteiger charge is -2.27. The summed E-state index contributed by atoms with van der Waals surface area (Å²) < 4.78 is 0. The number of aliphatic hydroxyl groups is 1. The van der Waals surface area contributed by atoms with Crippen molar-refractivity contribution in [3.05, 3.63) is 65.7 Å². The molecule has 3 rings (SSSR count). The molecule has 0 radical (unpaired) electrons. The average molecular weight is 335 g/mol. The first-order valence-corrected chi connectivity index (χ1v) is 8.48. The Hall–Kier alpha value is -2.84. The van der Waals surface area contributed by atoms with Crippen LogP contribution in [0.4, 0.5) is 10.5 Å². The van der Waals surface area contributed by atoms with Crippen LogP contribution in [0.3, 0.4) is 0 Å². The summed E-state index contributed by atoms with van der Waals surface area (Å²) >= 11 is 0. The van der Waals surface area contributed by atoms with Gasteiger partial charge in [0, 0.05) is 18.3 Å². The second kappa shape index (κ2) is 7.82. The first kappa shape index (κ1) is 17.0. The van der Waals surface area contributed by atoms with Gasteiger partial charge in [-0.25, -0.2) is 4.79 Å². The van der Waals surface area contributed by atoms with Crippen LogP contribution in [-0.4, -0.2) is 28.6 Å². The molecule has 1 fully saturated rings. The van der Waals surface area contributed by atoms with Crippen LogP contribution >= 0.6 is 0 Å². The zero-order valence-electron chi connectivity index (χ0n) is 13.9. The van der Waals surface area contributed by atoms with Gasteiger partial charge in [-0.05, 0) is 43.0 Å². The molecule has 25 heavy (non-hydrogen) atoms. The molecule has 2 aromatic carbocycles. The number of rotatable bonds is 4. The number of nitriles is 1. The predicted molar refractivity (Wildman–Crippen MR) is 95.9 cm³/mol. The van der Waals surface area contributed by atoms with Crippen molar-refractivity contribution in [1.29, 1.82) is 5.26 Å². The van der Waals surface area contributed by atoms with Crippen molar-refractivity contribution in [1.82, 2.24) is 4.90 Å². The number of nitrogens with one attached hydrogen (secondary N) is 1. The topological polar surface area (TPSA) is 76.4 Å². The molecule has 0 saturated carbocycles. The summed E-state index contributed by atoms with van der Waals surface area (Å²) in [5, 5.41) is 22.3. The minimum Gasteiger partial charge on any atom is -0.388 e. The second-order valence-corrected chi connectivity index (χ2v) is 6.27. The number of hydrogen-bond acceptors (Lipinski definition) is 3. The van der Waals surface area contributed by atoms with E-state index in [0.717, 1.165) is 18.4 Å². The molecule has 5 nitrogen and oxygen atoms in total. The Morgan fingerprint density at radius 1 is 1.28 bits per heavy atom. The maximum absolute atomic E-state index is 12.6. The van der Waals surface area contributed by atoms with Crippen molar-refractivity contribution in [3.63, 3.8) is 0 Å². The highest BCUT2D eigenvalue weighted by Crippen LogP contribution is 2.28. The van der Waals surface area contributed by atoms with Gasteiger partial charge >= 0.3 is 6.03 Å². The lowest BCUT2D eigenvalue weighted by Crippen LogP contribution is -2.39. The van der Waals surface area contributed by atoms with Gasteiger partial charge in [0.05, 0.1) is 17.7 Å². The SMILES string of the molecule is N#Cc1cccc(NC(=O)N2CCC[C@H]2C[C@H](O)c2ccccc2)c1. The summed E-state index contributed by atoms with van der Waals surface area (Å²) in [6.45, 7) is 0.677. The van der Waals surface area contributed by atoms with E-state index in [2.05, 4.69) is 11.4 Å². The molecular formula is C20H21N3O2. The van der Waals surface area contributed by atoms with Crippen molar-refractivity contribution >= 4 is 11.7 Å². The van der Waals surface area contributed by atoms with Gasteiger partial charge in [0.15, 0.2) is 0 Å². The fourth-order valence-corrected chi connectivity index (χ4v) is 3.28. The molecule has 0 bridgehead atoms. The lowest BCUT2D eigenvalue weighted by molar-refractivity contribution is 0.130. The number of aliphatic hydroxyl groups excluding tert-OH is 1. The highest BCUT2D eigenvalue weighted by molar-refractivity contribution is 5.89. The molecule has 2 aromatic rings. The number of amides is 2. The number of likely N-dealkylation sites (tertiary alicyclic amines) is 1. The molecule has 0 unspecified atom stereocenters. The smallest absolute Gasteiger partial charge is 0.322 e. The minimum atomic E-state index is -0.582. The Bertz CT molecular complexity index is 770. The van der Waals surface area contributed by atoms with E-state index < -0.39 is 6.10 Å². The molecular weight excluding hydrogens is 314 g/mol. The molecule has 0 aliphatic carbocycles. The Balaban J connectivity index is 1.64. The fourth-order valence-electron chi connectivity index (χ4n) is 3.28. The third kappa shape index (κ3) is 4.17. The summed E-state index contributed by atoms with van der Waals surface area (Å²) in [5.41, 5.74) is 1.99. The van der Waals surface area contributed by atoms with E-state index in [1.165, 1.54) is 0 Å². The third-order valence-corrected chi connectivity index (χ3v) is 4.56. The van der Waals surface area contributed by atoms with Crippen LogP contribution in [0.15, 0.2) is 54.6 Å². The minimum absolute atomic E-state index is 0.00866. The normalized spacial score (nSPS) is 17.8. The zero-order chi connectivity index (χ0) is 17.6. The Morgan fingerprint density at radius 2 is 2.08 bits per heavy atom. The van der Waals surface area contributed by atoms with Crippen LogP contribution in [0.1, 0.15) is 36.5 Å². The number of carbonyl (C=O) groups excluding carboxylic acids is 1. The Labute approximate surface area is 147 Å². The molecule has 1 aliphatic heterocycles. The van der Waals surface area contributed by atoms with Crippen LogP contribution in [0.5, 0.6) is 0 Å². The summed E-state index contributed by atoms with van der Waals surface area (Å²) in [6, 6.07) is 18.3. The zero-order valence-corrected chi connectivity index (χ0v) is 13.9. The Kier molecular flexibility index (Phi) is 5.32. The van der Waals surface area contributed by atoms with Crippen LogP contribution in [0, 0.1) is 11.3 Å². The molecule has 1 aliphatic rings. The molecule has 2 N–H and O–H groups in total. The Morgan fingerprint density at radius 3 is 2.84 bits per heavy atom. The number of hydrogen-bond donors (Lipinski definition) is 2. The van der Waals surface area contributed by atoms with Gasteiger partial charge in [0.1, 0.15) is 0 Å². The van der Waals surface area contributed by atoms with E-state index >= 15 is 0 Å². The molecule has 0 aromatic heterocycles. The molecule has 2 atom stereocenters. The van der Waals surface area contributed by atoms with Crippen molar-refractivity contribution < 1.29 is 9.90 Å². The standard InChI is InChI=1S/C20H21N3O2/c21-14-15-6-4-9-17(12-15)22-20(25)23-11-5-10-18(23)13-19(24)16-7-2-1-3-8-16/h1-4,6-9,12,18-19,24H,5,10-11,13H2,(H,22,25)/t18-,19-/m0/s1. The van der Waals surface area contributed by atoms with Gasteiger partial charge in [0.25, 0.3) is 0 Å². The van der Waals surface area contributed by atoms with Crippen LogP contribution < -0.4 is 5.32 Å². The first-order chi connectivity index (χ1) is 12.2. The maximum Gasteiger partial charge on any atom is 0.322 e. The van der Waals surface area contributed by atoms with E-state index in [1.54, 1.807) is 29.2 Å². The molecule has 2 amide bonds. The average Bonchev–Trinajstić information content (AvgIpc) is 3.11. The number of urea groups is 1. The highest BCUT2D eigenvalue weighted by Gasteiger charge is 2.30. The number of benzene rings is 2. The van der Waals surface area contributed by atoms with E-state index in [4.69, 9.17) is 5.26 Å². The third-order valence-electron chi connectivity index (χ3n) is 4.56. The number of carbonyl (C=O) groups is 1. The fraction of sp³-hybridized carbons (Fsp3) is 0.300. The molecule has 1 heterocycles. The summed E-state index contributed by atoms with van der Waals surface area (Å²) in [4.78, 5) is 14.4. The lowest BCUT2D eigenvalue weighted by atomic mass is 10.0. The van der Waals surface area contributed by atoms with Crippen LogP contribution in [0.2, 0.25) is 0 Å². The summed E-state index contributed by atoms with van der Waals surface area (Å²) in [6.07, 6.45) is 1.75. The van der Waals surface area contributed by atoms with Gasteiger partial charge in [-0.15, -0.1) is 0 Å². The van der Waals surface area contributed by atoms with Crippen molar-refractivity contribution in [2.45, 2.75) is 31.4 Å². The molecule has 5 heteroatoms. The molecule has 1 saturated heterocycles. The van der Waals surface area contributed by atoms with E-state index in [9.17, 15) is 9.90 Å². The predicted octanol–water partition coefficient (Wildman–Crippen LogP) is 3.68. The second-order valence-electron chi connectivity index (χ2n) is 6.27. The summed E-state index contributed by atoms with van der Waals surface area (Å²) in [7, 11) is 0. The van der Waals surface area contributed by atoms with Crippen molar-refractivity contribution in [2.75, 3.05) is 11.9 Å². The largest absolute Gasteiger partial charge is 0.388 e. The number of anilines is 1. The number of nitrogens with zero attached hydrogens (tertiary/aromatic N) is 2. The first-order valence-electron chi connectivity index (χ1n) is 8.48. The van der Waals surface area contributed by atoms with Gasteiger partial charge in [-0.1, -0.05) is 36.4 Å². The van der Waals surface area contributed by atoms with E-state index in [0.29, 0.717) is 24.2 Å². The van der Waals surface area contributed by atoms with Crippen molar-refractivity contribution in [3.8, 4) is 6.07 Å². The van der Waals surface area contributed by atoms with Crippen molar-refractivity contribution in [2.24, 2.45) is 0 Å². The van der Waals surface area contributed by atoms with Gasteiger partial charge in [-0.2, -0.15) is 5.26 Å². The van der Waals surface area contributed by atoms with E-state index in [-0.39, 0.29) is 12.1 Å². The molecule has 0 spiro atoms. The quantitative estimate of drug-likeness (QED) is 0.895. The maximum atomic E-state index is 12.6. The highest BCUT2D eigenvalue weighted by atomic mass is 16.3. The van der Waals surface area contributed by atoms with Gasteiger partial charge in [-0.3, -0.25) is 0 Å².